The van der Waals surface area contributed by atoms with Crippen molar-refractivity contribution in [3.8, 4) is 0 Å². The van der Waals surface area contributed by atoms with Crippen molar-refractivity contribution >= 4 is 13.6 Å². The predicted octanol–water partition coefficient (Wildman–Crippen LogP) is 5.58. The molecule has 0 radical (unpaired) electrons. The molecule has 0 N–H and O–H groups in total. The van der Waals surface area contributed by atoms with Crippen molar-refractivity contribution in [3.05, 3.63) is 0 Å². The van der Waals surface area contributed by atoms with E-state index in [2.05, 4.69) is 29.7 Å². The van der Waals surface area contributed by atoms with Gasteiger partial charge in [-0.2, -0.15) is 0 Å². The van der Waals surface area contributed by atoms with Gasteiger partial charge in [-0.3, -0.25) is 9.48 Å². The Balaban J connectivity index is 0.000000431. The van der Waals surface area contributed by atoms with Gasteiger partial charge in [0.15, 0.2) is 0 Å². The van der Waals surface area contributed by atoms with Gasteiger partial charge in [-0.25, -0.2) is 0 Å². The summed E-state index contributed by atoms with van der Waals surface area (Å²) < 4.78 is 41.7. The Morgan fingerprint density at radius 2 is 1.31 bits per heavy atom. The first-order valence-electron chi connectivity index (χ1n) is 10.5. The van der Waals surface area contributed by atoms with Crippen LogP contribution in [-0.2, 0) is 0 Å². The Labute approximate surface area is 156 Å². The van der Waals surface area contributed by atoms with Gasteiger partial charge in [0, 0.05) is 0 Å². The summed E-state index contributed by atoms with van der Waals surface area (Å²) in [5.41, 5.74) is 0. The summed E-state index contributed by atoms with van der Waals surface area (Å²) in [6.07, 6.45) is 17.1. The van der Waals surface area contributed by atoms with Crippen molar-refractivity contribution in [2.45, 2.75) is 90.1 Å². The molecule has 0 bridgehead atoms. The van der Waals surface area contributed by atoms with E-state index in [0.717, 1.165) is 23.9 Å². The molecule has 0 aromatic rings. The molecule has 0 saturated heterocycles. The average Bonchev–Trinajstić information content (AvgIpc) is 3.10. The van der Waals surface area contributed by atoms with Crippen LogP contribution in [0.4, 0.5) is 17.3 Å². The molecule has 26 heavy (non-hydrogen) atoms. The molecule has 7 heteroatoms. The molecule has 3 rings (SSSR count). The zero-order valence-corrected chi connectivity index (χ0v) is 16.4. The van der Waals surface area contributed by atoms with Gasteiger partial charge in [-0.15, -0.1) is 0 Å². The van der Waals surface area contributed by atoms with Crippen LogP contribution >= 0.6 is 0 Å². The smallest absolute Gasteiger partial charge is 0.418 e. The van der Waals surface area contributed by atoms with Crippen molar-refractivity contribution < 1.29 is 21.8 Å². The molecule has 2 aliphatic carbocycles. The molecule has 2 atom stereocenters. The lowest BCUT2D eigenvalue weighted by molar-refractivity contribution is -0.559. The highest BCUT2D eigenvalue weighted by molar-refractivity contribution is 6.50. The van der Waals surface area contributed by atoms with Gasteiger partial charge in [0.2, 0.25) is 6.34 Å². The van der Waals surface area contributed by atoms with Gasteiger partial charge in [0.25, 0.3) is 0 Å². The van der Waals surface area contributed by atoms with Crippen LogP contribution in [-0.4, -0.2) is 48.2 Å². The van der Waals surface area contributed by atoms with E-state index in [4.69, 9.17) is 0 Å². The molecule has 1 heterocycles. The van der Waals surface area contributed by atoms with Gasteiger partial charge < -0.3 is 17.3 Å². The third kappa shape index (κ3) is 7.11. The standard InChI is InChI=1S/C19H35N2.BF4/c1-16(18-9-5-3-6-10-18)20-13-14-21(15-20)17(2)19-11-7-4-8-12-19;2-1(3,4)5/h15-19H,3-14H2,1-2H3;/q+1;-1/t16-,17-;/m0./s1. The Morgan fingerprint density at radius 3 is 1.81 bits per heavy atom. The fourth-order valence-electron chi connectivity index (χ4n) is 4.93. The van der Waals surface area contributed by atoms with E-state index in [0.29, 0.717) is 0 Å². The fraction of sp³-hybridized carbons (Fsp3) is 0.947. The van der Waals surface area contributed by atoms with Crippen molar-refractivity contribution in [1.29, 1.82) is 0 Å². The topological polar surface area (TPSA) is 6.25 Å². The van der Waals surface area contributed by atoms with Crippen LogP contribution in [0.2, 0.25) is 0 Å². The van der Waals surface area contributed by atoms with Crippen LogP contribution in [0.3, 0.4) is 0 Å². The number of nitrogens with zero attached hydrogens (tertiary/aromatic N) is 2. The maximum Gasteiger partial charge on any atom is 0.673 e. The molecular weight excluding hydrogens is 343 g/mol. The maximum absolute atomic E-state index is 9.75. The van der Waals surface area contributed by atoms with Crippen LogP contribution < -0.4 is 0 Å². The van der Waals surface area contributed by atoms with Gasteiger partial charge in [-0.05, 0) is 51.4 Å². The maximum atomic E-state index is 9.75. The lowest BCUT2D eigenvalue weighted by Gasteiger charge is -2.29. The molecule has 0 unspecified atom stereocenters. The minimum atomic E-state index is -6.00. The van der Waals surface area contributed by atoms with Crippen molar-refractivity contribution in [2.75, 3.05) is 13.1 Å². The molecule has 2 fully saturated rings. The van der Waals surface area contributed by atoms with Gasteiger partial charge >= 0.3 is 7.25 Å². The van der Waals surface area contributed by atoms with Crippen LogP contribution in [0.15, 0.2) is 0 Å². The van der Waals surface area contributed by atoms with Crippen LogP contribution in [0.25, 0.3) is 0 Å². The average molecular weight is 378 g/mol. The minimum Gasteiger partial charge on any atom is -0.418 e. The van der Waals surface area contributed by atoms with Gasteiger partial charge in [0.1, 0.15) is 13.1 Å². The van der Waals surface area contributed by atoms with E-state index < -0.39 is 7.25 Å². The highest BCUT2D eigenvalue weighted by atomic mass is 19.5. The molecule has 152 valence electrons. The Bertz CT molecular complexity index is 437. The van der Waals surface area contributed by atoms with Crippen molar-refractivity contribution in [2.24, 2.45) is 11.8 Å². The molecule has 0 spiro atoms. The van der Waals surface area contributed by atoms with E-state index in [1.54, 1.807) is 0 Å². The molecular formula is C19H35BF4N2. The zero-order chi connectivity index (χ0) is 19.2. The van der Waals surface area contributed by atoms with Crippen LogP contribution in [0.1, 0.15) is 78.1 Å². The minimum absolute atomic E-state index is 0.758. The van der Waals surface area contributed by atoms with Crippen LogP contribution in [0, 0.1) is 11.8 Å². The molecule has 2 saturated carbocycles. The second-order valence-corrected chi connectivity index (χ2v) is 8.36. The second-order valence-electron chi connectivity index (χ2n) is 8.36. The summed E-state index contributed by atoms with van der Waals surface area (Å²) >= 11 is 0. The Kier molecular flexibility index (Phi) is 8.27. The summed E-state index contributed by atoms with van der Waals surface area (Å²) in [5, 5.41) is 0. The van der Waals surface area contributed by atoms with E-state index in [-0.39, 0.29) is 0 Å². The molecule has 1 aliphatic heterocycles. The number of hydrogen-bond donors (Lipinski definition) is 0. The fourth-order valence-corrected chi connectivity index (χ4v) is 4.93. The lowest BCUT2D eigenvalue weighted by atomic mass is 9.84. The number of rotatable bonds is 4. The number of hydrogen-bond acceptors (Lipinski definition) is 1. The van der Waals surface area contributed by atoms with E-state index in [9.17, 15) is 17.3 Å². The van der Waals surface area contributed by atoms with Gasteiger partial charge in [-0.1, -0.05) is 38.5 Å². The van der Waals surface area contributed by atoms with Crippen molar-refractivity contribution in [3.63, 3.8) is 0 Å². The number of halogens is 4. The van der Waals surface area contributed by atoms with E-state index >= 15 is 0 Å². The highest BCUT2D eigenvalue weighted by Gasteiger charge is 2.34. The first-order chi connectivity index (χ1) is 12.3. The normalized spacial score (nSPS) is 25.3. The Morgan fingerprint density at radius 1 is 0.846 bits per heavy atom. The summed E-state index contributed by atoms with van der Waals surface area (Å²) in [6, 6.07) is 1.52. The van der Waals surface area contributed by atoms with E-state index in [1.165, 1.54) is 77.3 Å². The molecule has 2 nitrogen and oxygen atoms in total. The first-order valence-corrected chi connectivity index (χ1v) is 10.5. The third-order valence-corrected chi connectivity index (χ3v) is 6.62. The van der Waals surface area contributed by atoms with Crippen LogP contribution in [0.5, 0.6) is 0 Å². The molecule has 3 aliphatic rings. The summed E-state index contributed by atoms with van der Waals surface area (Å²) in [7, 11) is -6.00. The predicted molar refractivity (Wildman–Crippen MR) is 100 cm³/mol. The lowest BCUT2D eigenvalue weighted by Crippen LogP contribution is -2.37. The molecule has 0 aromatic heterocycles. The van der Waals surface area contributed by atoms with E-state index in [1.807, 2.05) is 0 Å². The second kappa shape index (κ2) is 9.98. The first kappa shape index (κ1) is 21.6. The highest BCUT2D eigenvalue weighted by Crippen LogP contribution is 2.30. The molecule has 0 amide bonds. The summed E-state index contributed by atoms with van der Waals surface area (Å²) in [4.78, 5) is 2.66. The Hall–Kier alpha value is -0.745. The largest absolute Gasteiger partial charge is 0.673 e. The monoisotopic (exact) mass is 378 g/mol. The SMILES string of the molecule is C[C@@H](C1CCCCC1)N1C=[N+]([C@@H](C)C2CCCCC2)CC1.F[B-](F)(F)F. The van der Waals surface area contributed by atoms with Gasteiger partial charge in [0.05, 0.1) is 12.1 Å². The quantitative estimate of drug-likeness (QED) is 0.352. The van der Waals surface area contributed by atoms with Crippen molar-refractivity contribution in [1.82, 2.24) is 4.90 Å². The molecule has 0 aromatic carbocycles. The summed E-state index contributed by atoms with van der Waals surface area (Å²) in [6.45, 7) is 7.46. The zero-order valence-electron chi connectivity index (χ0n) is 16.4. The third-order valence-electron chi connectivity index (χ3n) is 6.62. The summed E-state index contributed by atoms with van der Waals surface area (Å²) in [5.74, 6) is 1.89.